The Labute approximate surface area is 174 Å². The monoisotopic (exact) mass is 391 g/mol. The Balaban J connectivity index is 1.92. The van der Waals surface area contributed by atoms with Crippen LogP contribution in [0.15, 0.2) is 48.5 Å². The van der Waals surface area contributed by atoms with Crippen molar-refractivity contribution in [3.8, 4) is 0 Å². The largest absolute Gasteiger partial charge is 0.331 e. The minimum atomic E-state index is 0.0791. The summed E-state index contributed by atoms with van der Waals surface area (Å²) in [5, 5.41) is 0. The van der Waals surface area contributed by atoms with Crippen LogP contribution in [0, 0.1) is 5.92 Å². The van der Waals surface area contributed by atoms with Crippen molar-refractivity contribution in [3.63, 3.8) is 0 Å². The molecular formula is C25H33N3O. The molecule has 0 spiro atoms. The third-order valence-electron chi connectivity index (χ3n) is 5.28. The van der Waals surface area contributed by atoms with Gasteiger partial charge in [0.25, 0.3) is 5.91 Å². The molecule has 1 aromatic heterocycles. The molecule has 0 saturated carbocycles. The summed E-state index contributed by atoms with van der Waals surface area (Å²) in [7, 11) is 0. The fourth-order valence-electron chi connectivity index (χ4n) is 3.71. The van der Waals surface area contributed by atoms with Crippen molar-refractivity contribution in [1.29, 1.82) is 0 Å². The second-order valence-electron chi connectivity index (χ2n) is 8.15. The number of hydrogen-bond donors (Lipinski definition) is 0. The normalized spacial score (nSPS) is 11.3. The summed E-state index contributed by atoms with van der Waals surface area (Å²) in [6.07, 6.45) is 3.21. The third kappa shape index (κ3) is 5.06. The number of fused-ring (bicyclic) bond motifs is 1. The molecule has 0 saturated heterocycles. The number of para-hydroxylation sites is 2. The number of carbonyl (C=O) groups is 1. The van der Waals surface area contributed by atoms with Crippen LogP contribution in [0.1, 0.15) is 62.3 Å². The van der Waals surface area contributed by atoms with Crippen molar-refractivity contribution in [2.45, 2.75) is 60.0 Å². The molecule has 4 nitrogen and oxygen atoms in total. The number of carbonyl (C=O) groups excluding carboxylic acids is 1. The Hall–Kier alpha value is -2.62. The maximum atomic E-state index is 13.3. The first-order chi connectivity index (χ1) is 14.0. The highest BCUT2D eigenvalue weighted by molar-refractivity contribution is 5.94. The van der Waals surface area contributed by atoms with Gasteiger partial charge in [-0.1, -0.05) is 58.4 Å². The predicted octanol–water partition coefficient (Wildman–Crippen LogP) is 5.70. The van der Waals surface area contributed by atoms with E-state index in [1.54, 1.807) is 0 Å². The fourth-order valence-corrected chi connectivity index (χ4v) is 3.71. The summed E-state index contributed by atoms with van der Waals surface area (Å²) in [6, 6.07) is 16.3. The minimum absolute atomic E-state index is 0.0791. The highest BCUT2D eigenvalue weighted by atomic mass is 16.2. The van der Waals surface area contributed by atoms with Crippen LogP contribution in [0.4, 0.5) is 0 Å². The lowest BCUT2D eigenvalue weighted by Gasteiger charge is -2.25. The molecule has 0 N–H and O–H groups in total. The zero-order chi connectivity index (χ0) is 20.8. The average molecular weight is 392 g/mol. The summed E-state index contributed by atoms with van der Waals surface area (Å²) >= 11 is 0. The van der Waals surface area contributed by atoms with Crippen molar-refractivity contribution in [3.05, 3.63) is 65.5 Å². The molecule has 2 aromatic carbocycles. The van der Waals surface area contributed by atoms with Gasteiger partial charge in [-0.05, 0) is 48.6 Å². The van der Waals surface area contributed by atoms with E-state index in [9.17, 15) is 4.79 Å². The second kappa shape index (κ2) is 9.73. The molecule has 0 fully saturated rings. The summed E-state index contributed by atoms with van der Waals surface area (Å²) < 4.78 is 2.29. The molecule has 3 aromatic rings. The Morgan fingerprint density at radius 3 is 2.45 bits per heavy atom. The van der Waals surface area contributed by atoms with Crippen molar-refractivity contribution in [2.75, 3.05) is 6.54 Å². The number of nitrogens with zero attached hydrogens (tertiary/aromatic N) is 3. The number of imidazole rings is 1. The number of rotatable bonds is 9. The second-order valence-corrected chi connectivity index (χ2v) is 8.15. The van der Waals surface area contributed by atoms with Gasteiger partial charge < -0.3 is 9.47 Å². The van der Waals surface area contributed by atoms with E-state index in [0.29, 0.717) is 19.0 Å². The average Bonchev–Trinajstić information content (AvgIpc) is 3.08. The van der Waals surface area contributed by atoms with Gasteiger partial charge in [0.15, 0.2) is 0 Å². The van der Waals surface area contributed by atoms with Crippen LogP contribution < -0.4 is 0 Å². The lowest BCUT2D eigenvalue weighted by Crippen LogP contribution is -2.34. The molecular weight excluding hydrogens is 358 g/mol. The molecule has 0 aliphatic rings. The van der Waals surface area contributed by atoms with Crippen LogP contribution in [0.25, 0.3) is 11.0 Å². The van der Waals surface area contributed by atoms with E-state index >= 15 is 0 Å². The Kier molecular flexibility index (Phi) is 7.08. The number of aromatic nitrogens is 2. The predicted molar refractivity (Wildman–Crippen MR) is 120 cm³/mol. The van der Waals surface area contributed by atoms with Crippen molar-refractivity contribution in [2.24, 2.45) is 5.92 Å². The topological polar surface area (TPSA) is 38.1 Å². The first-order valence-electron chi connectivity index (χ1n) is 10.9. The molecule has 154 valence electrons. The highest BCUT2D eigenvalue weighted by Crippen LogP contribution is 2.20. The van der Waals surface area contributed by atoms with Crippen LogP contribution in [-0.2, 0) is 19.5 Å². The molecule has 0 unspecified atom stereocenters. The van der Waals surface area contributed by atoms with E-state index in [4.69, 9.17) is 4.98 Å². The van der Waals surface area contributed by atoms with Gasteiger partial charge in [0.2, 0.25) is 0 Å². The number of hydrogen-bond acceptors (Lipinski definition) is 2. The van der Waals surface area contributed by atoms with Crippen LogP contribution in [0.5, 0.6) is 0 Å². The highest BCUT2D eigenvalue weighted by Gasteiger charge is 2.21. The Morgan fingerprint density at radius 1 is 1.07 bits per heavy atom. The summed E-state index contributed by atoms with van der Waals surface area (Å²) in [6.45, 7) is 10.8. The van der Waals surface area contributed by atoms with Gasteiger partial charge in [-0.3, -0.25) is 4.79 Å². The van der Waals surface area contributed by atoms with Crippen LogP contribution >= 0.6 is 0 Å². The van der Waals surface area contributed by atoms with Gasteiger partial charge in [0.05, 0.1) is 17.6 Å². The van der Waals surface area contributed by atoms with Gasteiger partial charge in [0, 0.05) is 18.7 Å². The molecule has 0 aliphatic heterocycles. The lowest BCUT2D eigenvalue weighted by atomic mass is 10.1. The Morgan fingerprint density at radius 2 is 1.79 bits per heavy atom. The van der Waals surface area contributed by atoms with E-state index < -0.39 is 0 Å². The Bertz CT molecular complexity index is 940. The van der Waals surface area contributed by atoms with E-state index in [1.807, 2.05) is 23.1 Å². The molecule has 0 radical (unpaired) electrons. The fraction of sp³-hybridized carbons (Fsp3) is 0.440. The number of aryl methyl sites for hydroxylation is 2. The van der Waals surface area contributed by atoms with Crippen molar-refractivity contribution >= 4 is 16.9 Å². The lowest BCUT2D eigenvalue weighted by molar-refractivity contribution is 0.0716. The molecule has 0 atom stereocenters. The van der Waals surface area contributed by atoms with Crippen LogP contribution in [0.3, 0.4) is 0 Å². The van der Waals surface area contributed by atoms with Gasteiger partial charge in [-0.25, -0.2) is 4.98 Å². The van der Waals surface area contributed by atoms with Crippen molar-refractivity contribution in [1.82, 2.24) is 14.5 Å². The number of amides is 1. The molecule has 4 heteroatoms. The zero-order valence-electron chi connectivity index (χ0n) is 18.2. The molecule has 3 rings (SSSR count). The molecule has 29 heavy (non-hydrogen) atoms. The molecule has 0 aliphatic carbocycles. The van der Waals surface area contributed by atoms with E-state index in [1.165, 1.54) is 5.56 Å². The zero-order valence-corrected chi connectivity index (χ0v) is 18.2. The SMILES string of the molecule is CCCCn1c(CN(CC(C)C)C(=O)c2ccc(CC)cc2)nc2ccccc21. The molecule has 1 heterocycles. The van der Waals surface area contributed by atoms with E-state index in [0.717, 1.165) is 48.2 Å². The molecule has 1 amide bonds. The number of unbranched alkanes of at least 4 members (excludes halogenated alkanes) is 1. The maximum Gasteiger partial charge on any atom is 0.254 e. The van der Waals surface area contributed by atoms with E-state index in [-0.39, 0.29) is 5.91 Å². The first-order valence-corrected chi connectivity index (χ1v) is 10.9. The van der Waals surface area contributed by atoms with Crippen molar-refractivity contribution < 1.29 is 4.79 Å². The summed E-state index contributed by atoms with van der Waals surface area (Å²) in [5.41, 5.74) is 4.15. The molecule has 0 bridgehead atoms. The van der Waals surface area contributed by atoms with E-state index in [2.05, 4.69) is 62.6 Å². The van der Waals surface area contributed by atoms with Crippen LogP contribution in [-0.4, -0.2) is 26.9 Å². The maximum absolute atomic E-state index is 13.3. The van der Waals surface area contributed by atoms with Gasteiger partial charge in [-0.2, -0.15) is 0 Å². The number of benzene rings is 2. The standard InChI is InChI=1S/C25H33N3O/c1-5-7-16-28-23-11-9-8-10-22(23)26-24(28)18-27(17-19(3)4)25(29)21-14-12-20(6-2)13-15-21/h8-15,19H,5-7,16-18H2,1-4H3. The smallest absolute Gasteiger partial charge is 0.254 e. The summed E-state index contributed by atoms with van der Waals surface area (Å²) in [5.74, 6) is 1.44. The quantitative estimate of drug-likeness (QED) is 0.469. The van der Waals surface area contributed by atoms with Gasteiger partial charge >= 0.3 is 0 Å². The first kappa shape index (κ1) is 21.1. The minimum Gasteiger partial charge on any atom is -0.331 e. The van der Waals surface area contributed by atoms with Gasteiger partial charge in [-0.15, -0.1) is 0 Å². The van der Waals surface area contributed by atoms with Gasteiger partial charge in [0.1, 0.15) is 5.82 Å². The van der Waals surface area contributed by atoms with Crippen LogP contribution in [0.2, 0.25) is 0 Å². The summed E-state index contributed by atoms with van der Waals surface area (Å²) in [4.78, 5) is 20.2. The third-order valence-corrected chi connectivity index (χ3v) is 5.28.